The lowest BCUT2D eigenvalue weighted by atomic mass is 10.1. The molecule has 0 heterocycles. The van der Waals surface area contributed by atoms with E-state index in [1.165, 1.54) is 37.7 Å². The Hall–Kier alpha value is -0.370. The fourth-order valence-corrected chi connectivity index (χ4v) is 2.00. The van der Waals surface area contributed by atoms with Crippen LogP contribution in [0.3, 0.4) is 0 Å². The molecule has 2 heteroatoms. The van der Waals surface area contributed by atoms with Crippen LogP contribution >= 0.6 is 15.9 Å². The first kappa shape index (κ1) is 12.7. The lowest BCUT2D eigenvalue weighted by Crippen LogP contribution is -1.87. The van der Waals surface area contributed by atoms with E-state index in [-0.39, 0.29) is 5.82 Å². The summed E-state index contributed by atoms with van der Waals surface area (Å²) in [5.41, 5.74) is 1.25. The van der Waals surface area contributed by atoms with Gasteiger partial charge in [0.15, 0.2) is 0 Å². The molecule has 0 aliphatic heterocycles. The number of alkyl halides is 1. The monoisotopic (exact) mass is 272 g/mol. The van der Waals surface area contributed by atoms with Gasteiger partial charge >= 0.3 is 0 Å². The van der Waals surface area contributed by atoms with E-state index in [2.05, 4.69) is 15.9 Å². The number of benzene rings is 1. The highest BCUT2D eigenvalue weighted by atomic mass is 79.9. The van der Waals surface area contributed by atoms with Crippen LogP contribution in [-0.2, 0) is 6.42 Å². The lowest BCUT2D eigenvalue weighted by Gasteiger charge is -2.01. The van der Waals surface area contributed by atoms with Crippen LogP contribution < -0.4 is 0 Å². The van der Waals surface area contributed by atoms with Gasteiger partial charge in [-0.1, -0.05) is 47.3 Å². The number of aryl methyl sites for hydroxylation is 1. The molecule has 0 fully saturated rings. The van der Waals surface area contributed by atoms with Crippen LogP contribution in [0.5, 0.6) is 0 Å². The SMILES string of the molecule is Fc1ccc(CCCCCCCBr)cc1. The fraction of sp³-hybridized carbons (Fsp3) is 0.538. The third-order valence-electron chi connectivity index (χ3n) is 2.51. The molecule has 0 aliphatic rings. The standard InChI is InChI=1S/C13H18BrF/c14-11-5-3-1-2-4-6-12-7-9-13(15)10-8-12/h7-10H,1-6,11H2. The molecule has 0 saturated heterocycles. The molecule has 0 N–H and O–H groups in total. The zero-order chi connectivity index (χ0) is 10.9. The second-order valence-electron chi connectivity index (χ2n) is 3.83. The summed E-state index contributed by atoms with van der Waals surface area (Å²) in [4.78, 5) is 0. The van der Waals surface area contributed by atoms with E-state index in [0.29, 0.717) is 0 Å². The van der Waals surface area contributed by atoms with Gasteiger partial charge in [0, 0.05) is 5.33 Å². The molecule has 84 valence electrons. The van der Waals surface area contributed by atoms with Gasteiger partial charge in [0.1, 0.15) is 5.82 Å². The Morgan fingerprint density at radius 1 is 0.867 bits per heavy atom. The molecule has 0 amide bonds. The predicted molar refractivity (Wildman–Crippen MR) is 67.0 cm³/mol. The van der Waals surface area contributed by atoms with Crippen molar-refractivity contribution in [3.8, 4) is 0 Å². The van der Waals surface area contributed by atoms with Gasteiger partial charge in [-0.15, -0.1) is 0 Å². The molecule has 0 unspecified atom stereocenters. The maximum Gasteiger partial charge on any atom is 0.123 e. The molecule has 0 aromatic heterocycles. The number of hydrogen-bond donors (Lipinski definition) is 0. The van der Waals surface area contributed by atoms with Crippen molar-refractivity contribution in [1.29, 1.82) is 0 Å². The van der Waals surface area contributed by atoms with E-state index in [4.69, 9.17) is 0 Å². The highest BCUT2D eigenvalue weighted by molar-refractivity contribution is 9.09. The van der Waals surface area contributed by atoms with Crippen molar-refractivity contribution in [2.45, 2.75) is 38.5 Å². The predicted octanol–water partition coefficient (Wildman–Crippen LogP) is 4.71. The Morgan fingerprint density at radius 3 is 2.13 bits per heavy atom. The van der Waals surface area contributed by atoms with E-state index < -0.39 is 0 Å². The first-order chi connectivity index (χ1) is 7.33. The zero-order valence-corrected chi connectivity index (χ0v) is 10.6. The normalized spacial score (nSPS) is 10.5. The van der Waals surface area contributed by atoms with Crippen LogP contribution in [0.2, 0.25) is 0 Å². The average Bonchev–Trinajstić information content (AvgIpc) is 2.26. The topological polar surface area (TPSA) is 0 Å². The van der Waals surface area contributed by atoms with Crippen LogP contribution in [0, 0.1) is 5.82 Å². The van der Waals surface area contributed by atoms with Crippen molar-refractivity contribution in [2.24, 2.45) is 0 Å². The number of rotatable bonds is 7. The first-order valence-electron chi connectivity index (χ1n) is 5.63. The molecular formula is C13H18BrF. The third-order valence-corrected chi connectivity index (χ3v) is 3.07. The summed E-state index contributed by atoms with van der Waals surface area (Å²) in [6.45, 7) is 0. The summed E-state index contributed by atoms with van der Waals surface area (Å²) in [6, 6.07) is 6.85. The summed E-state index contributed by atoms with van der Waals surface area (Å²) in [5.74, 6) is -0.143. The smallest absolute Gasteiger partial charge is 0.123 e. The average molecular weight is 273 g/mol. The highest BCUT2D eigenvalue weighted by Crippen LogP contribution is 2.10. The van der Waals surface area contributed by atoms with Gasteiger partial charge in [-0.05, 0) is 37.0 Å². The molecule has 1 aromatic rings. The molecule has 0 radical (unpaired) electrons. The van der Waals surface area contributed by atoms with Crippen LogP contribution in [-0.4, -0.2) is 5.33 Å². The van der Waals surface area contributed by atoms with Gasteiger partial charge < -0.3 is 0 Å². The van der Waals surface area contributed by atoms with E-state index in [9.17, 15) is 4.39 Å². The molecule has 15 heavy (non-hydrogen) atoms. The third kappa shape index (κ3) is 5.93. The molecule has 0 aliphatic carbocycles. The minimum atomic E-state index is -0.143. The summed E-state index contributed by atoms with van der Waals surface area (Å²) >= 11 is 3.43. The van der Waals surface area contributed by atoms with Crippen molar-refractivity contribution >= 4 is 15.9 Å². The van der Waals surface area contributed by atoms with Gasteiger partial charge in [-0.25, -0.2) is 4.39 Å². The van der Waals surface area contributed by atoms with Gasteiger partial charge in [0.05, 0.1) is 0 Å². The Labute approximate surface area is 100 Å². The van der Waals surface area contributed by atoms with Crippen LogP contribution in [0.15, 0.2) is 24.3 Å². The van der Waals surface area contributed by atoms with Crippen LogP contribution in [0.4, 0.5) is 4.39 Å². The quantitative estimate of drug-likeness (QED) is 0.498. The Morgan fingerprint density at radius 2 is 1.47 bits per heavy atom. The molecule has 0 nitrogen and oxygen atoms in total. The van der Waals surface area contributed by atoms with Crippen molar-refractivity contribution in [3.05, 3.63) is 35.6 Å². The molecule has 0 atom stereocenters. The Balaban J connectivity index is 2.07. The number of halogens is 2. The van der Waals surface area contributed by atoms with Crippen molar-refractivity contribution in [3.63, 3.8) is 0 Å². The second kappa shape index (κ2) is 7.86. The Bertz CT molecular complexity index is 256. The zero-order valence-electron chi connectivity index (χ0n) is 9.02. The summed E-state index contributed by atoms with van der Waals surface area (Å²) in [6.07, 6.45) is 7.48. The van der Waals surface area contributed by atoms with E-state index in [1.807, 2.05) is 12.1 Å². The van der Waals surface area contributed by atoms with Gasteiger partial charge in [0.25, 0.3) is 0 Å². The number of hydrogen-bond acceptors (Lipinski definition) is 0. The van der Waals surface area contributed by atoms with E-state index >= 15 is 0 Å². The van der Waals surface area contributed by atoms with Crippen molar-refractivity contribution in [1.82, 2.24) is 0 Å². The van der Waals surface area contributed by atoms with Crippen molar-refractivity contribution < 1.29 is 4.39 Å². The first-order valence-corrected chi connectivity index (χ1v) is 6.75. The summed E-state index contributed by atoms with van der Waals surface area (Å²) in [5, 5.41) is 1.12. The molecule has 0 saturated carbocycles. The fourth-order valence-electron chi connectivity index (χ4n) is 1.61. The second-order valence-corrected chi connectivity index (χ2v) is 4.63. The molecule has 0 spiro atoms. The molecule has 1 rings (SSSR count). The minimum absolute atomic E-state index is 0.143. The lowest BCUT2D eigenvalue weighted by molar-refractivity contribution is 0.622. The molecule has 0 bridgehead atoms. The molecule has 1 aromatic carbocycles. The maximum absolute atomic E-state index is 12.6. The Kier molecular flexibility index (Phi) is 6.66. The summed E-state index contributed by atoms with van der Waals surface area (Å²) in [7, 11) is 0. The van der Waals surface area contributed by atoms with Crippen LogP contribution in [0.1, 0.15) is 37.7 Å². The summed E-state index contributed by atoms with van der Waals surface area (Å²) < 4.78 is 12.6. The van der Waals surface area contributed by atoms with Gasteiger partial charge in [-0.3, -0.25) is 0 Å². The van der Waals surface area contributed by atoms with Gasteiger partial charge in [0.2, 0.25) is 0 Å². The van der Waals surface area contributed by atoms with Gasteiger partial charge in [-0.2, -0.15) is 0 Å². The highest BCUT2D eigenvalue weighted by Gasteiger charge is 1.94. The largest absolute Gasteiger partial charge is 0.207 e. The minimum Gasteiger partial charge on any atom is -0.207 e. The van der Waals surface area contributed by atoms with Crippen molar-refractivity contribution in [2.75, 3.05) is 5.33 Å². The molecular weight excluding hydrogens is 255 g/mol. The number of unbranched alkanes of at least 4 members (excludes halogenated alkanes) is 4. The maximum atomic E-state index is 12.6. The van der Waals surface area contributed by atoms with E-state index in [1.54, 1.807) is 12.1 Å². The van der Waals surface area contributed by atoms with Crippen LogP contribution in [0.25, 0.3) is 0 Å². The van der Waals surface area contributed by atoms with E-state index in [0.717, 1.165) is 11.8 Å².